The number of methoxy groups -OCH3 is 1. The van der Waals surface area contributed by atoms with Crippen LogP contribution in [-0.2, 0) is 11.3 Å². The van der Waals surface area contributed by atoms with Crippen molar-refractivity contribution in [2.75, 3.05) is 12.8 Å². The number of ether oxygens (including phenoxy) is 1. The van der Waals surface area contributed by atoms with Gasteiger partial charge in [-0.05, 0) is 37.3 Å². The summed E-state index contributed by atoms with van der Waals surface area (Å²) in [7, 11) is 1.63. The van der Waals surface area contributed by atoms with Gasteiger partial charge in [0, 0.05) is 12.7 Å². The maximum absolute atomic E-state index is 14.6. The van der Waals surface area contributed by atoms with E-state index < -0.39 is 5.82 Å². The number of nitrogen functional groups attached to an aromatic ring is 1. The van der Waals surface area contributed by atoms with E-state index in [-0.39, 0.29) is 28.9 Å². The topological polar surface area (TPSA) is 128 Å². The first-order chi connectivity index (χ1) is 15.5. The Labute approximate surface area is 183 Å². The van der Waals surface area contributed by atoms with Gasteiger partial charge in [0.2, 0.25) is 5.95 Å². The number of pyridine rings is 1. The molecule has 0 amide bonds. The molecule has 3 heterocycles. The van der Waals surface area contributed by atoms with E-state index in [9.17, 15) is 4.39 Å². The van der Waals surface area contributed by atoms with Gasteiger partial charge in [-0.1, -0.05) is 17.3 Å². The van der Waals surface area contributed by atoms with Gasteiger partial charge in [0.05, 0.1) is 47.2 Å². The third kappa shape index (κ3) is 4.28. The largest absolute Gasteiger partial charge is 0.375 e. The minimum atomic E-state index is -0.668. The van der Waals surface area contributed by atoms with Gasteiger partial charge in [0.1, 0.15) is 17.6 Å². The van der Waals surface area contributed by atoms with E-state index in [2.05, 4.69) is 25.3 Å². The standard InChI is InChI=1S/C22H19FN8O/c1-13(32-2)17-8-4-6-15(26-17)11-31-12-20(29-30-31)19-9-18(27-22(25)28-19)16-7-3-5-14(10-24)21(16)23/h3-9,12-13H,11H2,1-2H3,(H2,25,27,28)/t13-/m0/s1. The van der Waals surface area contributed by atoms with Crippen LogP contribution in [0.3, 0.4) is 0 Å². The van der Waals surface area contributed by atoms with Crippen molar-refractivity contribution in [3.05, 3.63) is 71.4 Å². The molecule has 10 heteroatoms. The minimum Gasteiger partial charge on any atom is -0.375 e. The second-order valence-electron chi connectivity index (χ2n) is 7.01. The highest BCUT2D eigenvalue weighted by molar-refractivity contribution is 5.68. The number of hydrogen-bond acceptors (Lipinski definition) is 8. The molecule has 0 aliphatic heterocycles. The van der Waals surface area contributed by atoms with Crippen LogP contribution >= 0.6 is 0 Å². The summed E-state index contributed by atoms with van der Waals surface area (Å²) in [6.45, 7) is 2.31. The highest BCUT2D eigenvalue weighted by Crippen LogP contribution is 2.27. The number of nitriles is 1. The van der Waals surface area contributed by atoms with Crippen LogP contribution in [0.1, 0.15) is 30.0 Å². The van der Waals surface area contributed by atoms with Crippen LogP contribution in [0, 0.1) is 17.1 Å². The van der Waals surface area contributed by atoms with E-state index in [1.54, 1.807) is 30.1 Å². The summed E-state index contributed by atoms with van der Waals surface area (Å²) < 4.78 is 21.6. The zero-order chi connectivity index (χ0) is 22.7. The van der Waals surface area contributed by atoms with Gasteiger partial charge in [-0.25, -0.2) is 19.0 Å². The fraction of sp³-hybridized carbons (Fsp3) is 0.182. The average molecular weight is 430 g/mol. The lowest BCUT2D eigenvalue weighted by Crippen LogP contribution is -2.06. The second kappa shape index (κ2) is 8.87. The predicted octanol–water partition coefficient (Wildman–Crippen LogP) is 3.15. The van der Waals surface area contributed by atoms with Crippen molar-refractivity contribution in [3.8, 4) is 28.7 Å². The number of nitrogens with two attached hydrogens (primary N) is 1. The number of halogens is 1. The fourth-order valence-electron chi connectivity index (χ4n) is 3.14. The van der Waals surface area contributed by atoms with Crippen LogP contribution in [0.4, 0.5) is 10.3 Å². The lowest BCUT2D eigenvalue weighted by molar-refractivity contribution is 0.116. The quantitative estimate of drug-likeness (QED) is 0.494. The van der Waals surface area contributed by atoms with E-state index in [0.717, 1.165) is 11.4 Å². The van der Waals surface area contributed by atoms with Crippen LogP contribution < -0.4 is 5.73 Å². The van der Waals surface area contributed by atoms with Crippen molar-refractivity contribution in [1.82, 2.24) is 29.9 Å². The number of nitrogens with zero attached hydrogens (tertiary/aromatic N) is 7. The summed E-state index contributed by atoms with van der Waals surface area (Å²) >= 11 is 0. The molecule has 0 bridgehead atoms. The molecule has 4 aromatic rings. The third-order valence-corrected chi connectivity index (χ3v) is 4.86. The van der Waals surface area contributed by atoms with Gasteiger partial charge in [-0.15, -0.1) is 5.10 Å². The second-order valence-corrected chi connectivity index (χ2v) is 7.01. The van der Waals surface area contributed by atoms with E-state index in [1.807, 2.05) is 31.2 Å². The number of benzene rings is 1. The van der Waals surface area contributed by atoms with Crippen molar-refractivity contribution < 1.29 is 9.13 Å². The molecule has 160 valence electrons. The molecule has 0 radical (unpaired) electrons. The molecule has 1 atom stereocenters. The Bertz CT molecular complexity index is 1310. The number of anilines is 1. The van der Waals surface area contributed by atoms with Gasteiger partial charge < -0.3 is 10.5 Å². The van der Waals surface area contributed by atoms with Crippen molar-refractivity contribution >= 4 is 5.95 Å². The highest BCUT2D eigenvalue weighted by atomic mass is 19.1. The summed E-state index contributed by atoms with van der Waals surface area (Å²) in [6.07, 6.45) is 1.57. The molecule has 2 N–H and O–H groups in total. The Kier molecular flexibility index (Phi) is 5.83. The van der Waals surface area contributed by atoms with Crippen LogP contribution in [0.25, 0.3) is 22.6 Å². The highest BCUT2D eigenvalue weighted by Gasteiger charge is 2.15. The van der Waals surface area contributed by atoms with Crippen LogP contribution in [0.5, 0.6) is 0 Å². The molecule has 0 aliphatic rings. The minimum absolute atomic E-state index is 0.0447. The molecule has 3 aromatic heterocycles. The molecule has 0 saturated carbocycles. The Morgan fingerprint density at radius 1 is 1.12 bits per heavy atom. The maximum Gasteiger partial charge on any atom is 0.221 e. The summed E-state index contributed by atoms with van der Waals surface area (Å²) in [5.74, 6) is -0.712. The van der Waals surface area contributed by atoms with Gasteiger partial charge in [-0.3, -0.25) is 4.98 Å². The molecule has 0 saturated heterocycles. The fourth-order valence-corrected chi connectivity index (χ4v) is 3.14. The molecule has 0 aliphatic carbocycles. The lowest BCUT2D eigenvalue weighted by Gasteiger charge is -2.10. The van der Waals surface area contributed by atoms with E-state index in [4.69, 9.17) is 15.7 Å². The van der Waals surface area contributed by atoms with Crippen LogP contribution in [0.15, 0.2) is 48.7 Å². The normalized spacial score (nSPS) is 11.8. The molecule has 0 spiro atoms. The zero-order valence-electron chi connectivity index (χ0n) is 17.4. The van der Waals surface area contributed by atoms with E-state index >= 15 is 0 Å². The average Bonchev–Trinajstić information content (AvgIpc) is 3.27. The molecule has 9 nitrogen and oxygen atoms in total. The summed E-state index contributed by atoms with van der Waals surface area (Å²) in [5, 5.41) is 17.4. The Morgan fingerprint density at radius 2 is 1.91 bits per heavy atom. The van der Waals surface area contributed by atoms with Gasteiger partial charge in [0.25, 0.3) is 0 Å². The van der Waals surface area contributed by atoms with Crippen molar-refractivity contribution in [3.63, 3.8) is 0 Å². The molecule has 1 aromatic carbocycles. The first kappa shape index (κ1) is 21.0. The first-order valence-corrected chi connectivity index (χ1v) is 9.71. The van der Waals surface area contributed by atoms with Gasteiger partial charge in [0.15, 0.2) is 0 Å². The molecule has 0 unspecified atom stereocenters. The van der Waals surface area contributed by atoms with Crippen molar-refractivity contribution in [2.45, 2.75) is 19.6 Å². The Hall–Kier alpha value is -4.23. The zero-order valence-corrected chi connectivity index (χ0v) is 17.4. The van der Waals surface area contributed by atoms with E-state index in [1.165, 1.54) is 12.1 Å². The SMILES string of the molecule is CO[C@@H](C)c1cccc(Cn2cc(-c3cc(-c4cccc(C#N)c4F)nc(N)n3)nn2)n1. The lowest BCUT2D eigenvalue weighted by atomic mass is 10.1. The predicted molar refractivity (Wildman–Crippen MR) is 114 cm³/mol. The number of hydrogen-bond donors (Lipinski definition) is 1. The van der Waals surface area contributed by atoms with Crippen molar-refractivity contribution in [1.29, 1.82) is 5.26 Å². The molecular weight excluding hydrogens is 411 g/mol. The molecule has 0 fully saturated rings. The van der Waals surface area contributed by atoms with E-state index in [0.29, 0.717) is 17.9 Å². The van der Waals surface area contributed by atoms with Gasteiger partial charge >= 0.3 is 0 Å². The summed E-state index contributed by atoms with van der Waals surface area (Å²) in [6, 6.07) is 13.6. The van der Waals surface area contributed by atoms with Crippen LogP contribution in [0.2, 0.25) is 0 Å². The number of rotatable bonds is 6. The summed E-state index contributed by atoms with van der Waals surface area (Å²) in [4.78, 5) is 12.9. The number of aromatic nitrogens is 6. The summed E-state index contributed by atoms with van der Waals surface area (Å²) in [5.41, 5.74) is 8.62. The smallest absolute Gasteiger partial charge is 0.221 e. The maximum atomic E-state index is 14.6. The van der Waals surface area contributed by atoms with Crippen LogP contribution in [-0.4, -0.2) is 37.1 Å². The molecule has 4 rings (SSSR count). The van der Waals surface area contributed by atoms with Gasteiger partial charge in [-0.2, -0.15) is 5.26 Å². The Balaban J connectivity index is 1.64. The van der Waals surface area contributed by atoms with Crippen molar-refractivity contribution in [2.24, 2.45) is 0 Å². The first-order valence-electron chi connectivity index (χ1n) is 9.71. The molecular formula is C22H19FN8O. The monoisotopic (exact) mass is 430 g/mol. The Morgan fingerprint density at radius 3 is 2.69 bits per heavy atom. The molecule has 32 heavy (non-hydrogen) atoms. The third-order valence-electron chi connectivity index (χ3n) is 4.86.